The predicted octanol–water partition coefficient (Wildman–Crippen LogP) is 6.34. The van der Waals surface area contributed by atoms with Gasteiger partial charge in [-0.2, -0.15) is 0 Å². The van der Waals surface area contributed by atoms with Crippen molar-refractivity contribution in [1.29, 1.82) is 0 Å². The van der Waals surface area contributed by atoms with Crippen LogP contribution in [0.5, 0.6) is 0 Å². The smallest absolute Gasteiger partial charge is 0.260 e. The third kappa shape index (κ3) is 3.22. The molecule has 0 fully saturated rings. The van der Waals surface area contributed by atoms with Gasteiger partial charge in [0.05, 0.1) is 5.39 Å². The summed E-state index contributed by atoms with van der Waals surface area (Å²) in [7, 11) is 0. The lowest BCUT2D eigenvalue weighted by molar-refractivity contribution is 0.965. The molecule has 5 heteroatoms. The molecule has 2 aromatic carbocycles. The summed E-state index contributed by atoms with van der Waals surface area (Å²) >= 11 is 1.58. The number of aryl methyl sites for hydroxylation is 3. The largest absolute Gasteiger partial charge is 0.318 e. The fourth-order valence-corrected chi connectivity index (χ4v) is 5.25. The maximum atomic E-state index is 12.8. The topological polar surface area (TPSA) is 50.7 Å². The average Bonchev–Trinajstić information content (AvgIpc) is 3.23. The minimum atomic E-state index is -0.0705. The molecule has 0 amide bonds. The van der Waals surface area contributed by atoms with E-state index >= 15 is 0 Å². The molecule has 3 heterocycles. The van der Waals surface area contributed by atoms with Crippen molar-refractivity contribution in [3.05, 3.63) is 92.8 Å². The van der Waals surface area contributed by atoms with E-state index in [9.17, 15) is 4.79 Å². The Morgan fingerprint density at radius 1 is 0.903 bits per heavy atom. The quantitative estimate of drug-likeness (QED) is 0.366. The Morgan fingerprint density at radius 2 is 1.58 bits per heavy atom. The van der Waals surface area contributed by atoms with Gasteiger partial charge in [0.2, 0.25) is 0 Å². The summed E-state index contributed by atoms with van der Waals surface area (Å²) < 4.78 is 2.21. The number of hydrogen-bond donors (Lipinski definition) is 1. The molecule has 0 unspecified atom stereocenters. The first-order valence-corrected chi connectivity index (χ1v) is 11.1. The van der Waals surface area contributed by atoms with Gasteiger partial charge in [-0.25, -0.2) is 4.98 Å². The monoisotopic (exact) mass is 425 g/mol. The minimum absolute atomic E-state index is 0.0705. The van der Waals surface area contributed by atoms with Gasteiger partial charge < -0.3 is 9.55 Å². The van der Waals surface area contributed by atoms with Crippen molar-refractivity contribution in [1.82, 2.24) is 14.5 Å². The van der Waals surface area contributed by atoms with E-state index in [-0.39, 0.29) is 5.56 Å². The first-order chi connectivity index (χ1) is 14.9. The van der Waals surface area contributed by atoms with Crippen molar-refractivity contribution < 1.29 is 0 Å². The van der Waals surface area contributed by atoms with E-state index in [1.807, 2.05) is 19.9 Å². The van der Waals surface area contributed by atoms with Crippen LogP contribution in [0.4, 0.5) is 0 Å². The van der Waals surface area contributed by atoms with Crippen LogP contribution >= 0.6 is 11.3 Å². The molecule has 0 aliphatic heterocycles. The number of H-pyrrole nitrogens is 1. The highest BCUT2D eigenvalue weighted by Gasteiger charge is 2.17. The third-order valence-electron chi connectivity index (χ3n) is 5.96. The molecule has 0 atom stereocenters. The Labute approximate surface area is 184 Å². The molecule has 154 valence electrons. The molecule has 0 saturated heterocycles. The summed E-state index contributed by atoms with van der Waals surface area (Å²) in [6.45, 7) is 8.17. The molecular weight excluding hydrogens is 402 g/mol. The first kappa shape index (κ1) is 19.5. The average molecular weight is 426 g/mol. The zero-order valence-electron chi connectivity index (χ0n) is 18.0. The van der Waals surface area contributed by atoms with Gasteiger partial charge in [0.25, 0.3) is 5.56 Å². The highest BCUT2D eigenvalue weighted by atomic mass is 32.1. The van der Waals surface area contributed by atoms with Crippen molar-refractivity contribution in [3.8, 4) is 28.2 Å². The summed E-state index contributed by atoms with van der Waals surface area (Å²) in [6.07, 6.45) is 0. The number of benzene rings is 2. The van der Waals surface area contributed by atoms with Gasteiger partial charge in [0.15, 0.2) is 0 Å². The standard InChI is InChI=1S/C26H23N3OS/c1-15-14-22(24-27-25(30)23-16(2)18(4)31-26(23)28-24)17(3)29(15)21-12-10-20(11-13-21)19-8-6-5-7-9-19/h5-14H,1-4H3,(H,27,28,30). The Balaban J connectivity index is 1.59. The van der Waals surface area contributed by atoms with E-state index in [0.717, 1.165) is 37.9 Å². The maximum absolute atomic E-state index is 12.8. The van der Waals surface area contributed by atoms with Gasteiger partial charge in [-0.05, 0) is 62.6 Å². The number of nitrogens with one attached hydrogen (secondary N) is 1. The van der Waals surface area contributed by atoms with Crippen molar-refractivity contribution >= 4 is 21.6 Å². The van der Waals surface area contributed by atoms with Crippen molar-refractivity contribution in [3.63, 3.8) is 0 Å². The van der Waals surface area contributed by atoms with Gasteiger partial charge in [-0.3, -0.25) is 4.79 Å². The summed E-state index contributed by atoms with van der Waals surface area (Å²) in [4.78, 5) is 22.5. The van der Waals surface area contributed by atoms with Crippen LogP contribution in [0.15, 0.2) is 65.5 Å². The van der Waals surface area contributed by atoms with Crippen molar-refractivity contribution in [2.45, 2.75) is 27.7 Å². The van der Waals surface area contributed by atoms with Crippen molar-refractivity contribution in [2.75, 3.05) is 0 Å². The number of fused-ring (bicyclic) bond motifs is 1. The molecule has 5 aromatic rings. The molecule has 31 heavy (non-hydrogen) atoms. The number of aromatic nitrogens is 3. The van der Waals surface area contributed by atoms with Crippen LogP contribution in [0.25, 0.3) is 38.4 Å². The molecule has 4 nitrogen and oxygen atoms in total. The van der Waals surface area contributed by atoms with E-state index in [1.165, 1.54) is 11.1 Å². The molecule has 0 radical (unpaired) electrons. The molecule has 5 rings (SSSR count). The van der Waals surface area contributed by atoms with Gasteiger partial charge in [0, 0.05) is 27.5 Å². The predicted molar refractivity (Wildman–Crippen MR) is 129 cm³/mol. The Morgan fingerprint density at radius 3 is 2.29 bits per heavy atom. The fourth-order valence-electron chi connectivity index (χ4n) is 4.22. The van der Waals surface area contributed by atoms with Gasteiger partial charge in [0.1, 0.15) is 10.7 Å². The fraction of sp³-hybridized carbons (Fsp3) is 0.154. The van der Waals surface area contributed by atoms with E-state index in [1.54, 1.807) is 11.3 Å². The van der Waals surface area contributed by atoms with Crippen molar-refractivity contribution in [2.24, 2.45) is 0 Å². The summed E-state index contributed by atoms with van der Waals surface area (Å²) in [5, 5.41) is 0.705. The summed E-state index contributed by atoms with van der Waals surface area (Å²) in [5.74, 6) is 0.624. The number of aromatic amines is 1. The number of hydrogen-bond acceptors (Lipinski definition) is 3. The highest BCUT2D eigenvalue weighted by molar-refractivity contribution is 7.18. The zero-order chi connectivity index (χ0) is 21.7. The molecule has 0 aliphatic carbocycles. The lowest BCUT2D eigenvalue weighted by Crippen LogP contribution is -2.09. The van der Waals surface area contributed by atoms with Crippen LogP contribution in [0.1, 0.15) is 21.8 Å². The Kier molecular flexibility index (Phi) is 4.63. The van der Waals surface area contributed by atoms with E-state index in [0.29, 0.717) is 11.2 Å². The molecular formula is C26H23N3OS. The minimum Gasteiger partial charge on any atom is -0.318 e. The van der Waals surface area contributed by atoms with Crippen LogP contribution < -0.4 is 5.56 Å². The number of rotatable bonds is 3. The second kappa shape index (κ2) is 7.36. The van der Waals surface area contributed by atoms with Gasteiger partial charge >= 0.3 is 0 Å². The first-order valence-electron chi connectivity index (χ1n) is 10.3. The van der Waals surface area contributed by atoms with E-state index in [2.05, 4.69) is 78.0 Å². The second-order valence-corrected chi connectivity index (χ2v) is 9.11. The SMILES string of the molecule is Cc1sc2nc(-c3cc(C)n(-c4ccc(-c5ccccc5)cc4)c3C)[nH]c(=O)c2c1C. The normalized spacial score (nSPS) is 11.4. The molecule has 0 bridgehead atoms. The number of thiophene rings is 1. The lowest BCUT2D eigenvalue weighted by atomic mass is 10.1. The molecule has 0 saturated carbocycles. The van der Waals surface area contributed by atoms with Crippen LogP contribution in [-0.2, 0) is 0 Å². The lowest BCUT2D eigenvalue weighted by Gasteiger charge is -2.11. The van der Waals surface area contributed by atoms with Crippen LogP contribution in [0.3, 0.4) is 0 Å². The molecule has 0 aliphatic rings. The zero-order valence-corrected chi connectivity index (χ0v) is 18.8. The highest BCUT2D eigenvalue weighted by Crippen LogP contribution is 2.31. The van der Waals surface area contributed by atoms with Crippen LogP contribution in [0, 0.1) is 27.7 Å². The van der Waals surface area contributed by atoms with E-state index in [4.69, 9.17) is 4.98 Å². The second-order valence-electron chi connectivity index (χ2n) is 7.91. The van der Waals surface area contributed by atoms with E-state index < -0.39 is 0 Å². The third-order valence-corrected chi connectivity index (χ3v) is 7.06. The summed E-state index contributed by atoms with van der Waals surface area (Å²) in [6, 6.07) is 21.0. The van der Waals surface area contributed by atoms with Crippen LogP contribution in [-0.4, -0.2) is 14.5 Å². The van der Waals surface area contributed by atoms with Crippen LogP contribution in [0.2, 0.25) is 0 Å². The molecule has 1 N–H and O–H groups in total. The Hall–Kier alpha value is -3.44. The number of nitrogens with zero attached hydrogens (tertiary/aromatic N) is 2. The molecule has 0 spiro atoms. The molecule has 3 aromatic heterocycles. The Bertz CT molecular complexity index is 1470. The maximum Gasteiger partial charge on any atom is 0.260 e. The van der Waals surface area contributed by atoms with Gasteiger partial charge in [-0.1, -0.05) is 42.5 Å². The van der Waals surface area contributed by atoms with Gasteiger partial charge in [-0.15, -0.1) is 11.3 Å². The summed E-state index contributed by atoms with van der Waals surface area (Å²) in [5.41, 5.74) is 7.53.